The molecule has 5 rings (SSSR count). The van der Waals surface area contributed by atoms with Crippen LogP contribution in [-0.4, -0.2) is 45.7 Å². The summed E-state index contributed by atoms with van der Waals surface area (Å²) in [6.07, 6.45) is -1.31. The monoisotopic (exact) mass is 424 g/mol. The van der Waals surface area contributed by atoms with E-state index in [-0.39, 0.29) is 11.4 Å². The van der Waals surface area contributed by atoms with Crippen LogP contribution in [-0.2, 0) is 6.18 Å². The van der Waals surface area contributed by atoms with E-state index in [2.05, 4.69) is 20.2 Å². The number of pyridine rings is 2. The van der Waals surface area contributed by atoms with E-state index >= 15 is 0 Å². The van der Waals surface area contributed by atoms with Gasteiger partial charge in [-0.05, 0) is 30.3 Å². The molecule has 158 valence electrons. The largest absolute Gasteiger partial charge is 0.417 e. The molecule has 4 heterocycles. The molecule has 1 aliphatic rings. The maximum absolute atomic E-state index is 13.8. The third-order valence-electron chi connectivity index (χ3n) is 5.33. The highest BCUT2D eigenvalue weighted by Crippen LogP contribution is 2.38. The van der Waals surface area contributed by atoms with Gasteiger partial charge in [0.1, 0.15) is 17.2 Å². The maximum atomic E-state index is 13.8. The molecule has 1 aliphatic heterocycles. The number of halogens is 3. The van der Waals surface area contributed by atoms with Crippen molar-refractivity contribution in [3.63, 3.8) is 0 Å². The summed E-state index contributed by atoms with van der Waals surface area (Å²) in [5, 5.41) is 3.30. The number of anilines is 1. The van der Waals surface area contributed by atoms with Crippen LogP contribution in [0.1, 0.15) is 5.56 Å². The van der Waals surface area contributed by atoms with Gasteiger partial charge in [-0.15, -0.1) is 0 Å². The van der Waals surface area contributed by atoms with Gasteiger partial charge in [-0.1, -0.05) is 18.2 Å². The van der Waals surface area contributed by atoms with Crippen molar-refractivity contribution in [2.75, 3.05) is 31.1 Å². The second kappa shape index (κ2) is 7.66. The molecule has 1 aromatic carbocycles. The topological polar surface area (TPSA) is 58.9 Å². The highest BCUT2D eigenvalue weighted by Gasteiger charge is 2.35. The number of rotatable bonds is 3. The molecular formula is C22H19F3N6. The summed E-state index contributed by atoms with van der Waals surface area (Å²) in [7, 11) is 0. The van der Waals surface area contributed by atoms with Crippen LogP contribution in [0.5, 0.6) is 0 Å². The zero-order chi connectivity index (χ0) is 21.4. The fourth-order valence-corrected chi connectivity index (χ4v) is 3.86. The van der Waals surface area contributed by atoms with E-state index in [1.807, 2.05) is 12.1 Å². The van der Waals surface area contributed by atoms with Crippen LogP contribution in [0.2, 0.25) is 0 Å². The molecule has 1 N–H and O–H groups in total. The third-order valence-corrected chi connectivity index (χ3v) is 5.33. The number of piperazine rings is 1. The lowest BCUT2D eigenvalue weighted by molar-refractivity contribution is -0.137. The van der Waals surface area contributed by atoms with Crippen LogP contribution in [0.4, 0.5) is 19.0 Å². The minimum atomic E-state index is -4.50. The molecule has 0 atom stereocenters. The van der Waals surface area contributed by atoms with Crippen molar-refractivity contribution in [1.82, 2.24) is 24.8 Å². The fraction of sp³-hybridized carbons (Fsp3) is 0.227. The molecule has 0 amide bonds. The Labute approximate surface area is 176 Å². The zero-order valence-electron chi connectivity index (χ0n) is 16.5. The van der Waals surface area contributed by atoms with Crippen LogP contribution in [0, 0.1) is 0 Å². The fourth-order valence-electron chi connectivity index (χ4n) is 3.86. The zero-order valence-corrected chi connectivity index (χ0v) is 16.5. The normalized spacial score (nSPS) is 14.9. The Morgan fingerprint density at radius 2 is 1.61 bits per heavy atom. The summed E-state index contributed by atoms with van der Waals surface area (Å²) in [6.45, 7) is 3.33. The lowest BCUT2D eigenvalue weighted by Gasteiger charge is -2.28. The number of hydrogen-bond donors (Lipinski definition) is 1. The van der Waals surface area contributed by atoms with Gasteiger partial charge in [-0.3, -0.25) is 9.55 Å². The predicted molar refractivity (Wildman–Crippen MR) is 112 cm³/mol. The van der Waals surface area contributed by atoms with Crippen molar-refractivity contribution in [2.45, 2.75) is 6.18 Å². The summed E-state index contributed by atoms with van der Waals surface area (Å²) < 4.78 is 42.9. The van der Waals surface area contributed by atoms with Gasteiger partial charge in [0.15, 0.2) is 5.65 Å². The molecule has 31 heavy (non-hydrogen) atoms. The number of nitrogens with zero attached hydrogens (tertiary/aromatic N) is 5. The van der Waals surface area contributed by atoms with Crippen molar-refractivity contribution >= 4 is 17.0 Å². The van der Waals surface area contributed by atoms with Gasteiger partial charge in [-0.2, -0.15) is 13.2 Å². The van der Waals surface area contributed by atoms with E-state index < -0.39 is 11.7 Å². The first kappa shape index (κ1) is 19.5. The Kier molecular flexibility index (Phi) is 4.82. The molecule has 1 fully saturated rings. The summed E-state index contributed by atoms with van der Waals surface area (Å²) in [5.74, 6) is 0.971. The van der Waals surface area contributed by atoms with Gasteiger partial charge in [0.25, 0.3) is 0 Å². The summed E-state index contributed by atoms with van der Waals surface area (Å²) in [6, 6.07) is 12.6. The highest BCUT2D eigenvalue weighted by molar-refractivity contribution is 5.82. The SMILES string of the molecule is FC(F)(F)c1ccccc1-c1nc2ccc(N3CCNCC3)nc2n1-c1ccncc1. The van der Waals surface area contributed by atoms with E-state index in [1.54, 1.807) is 35.2 Å². The lowest BCUT2D eigenvalue weighted by atomic mass is 10.1. The van der Waals surface area contributed by atoms with Crippen molar-refractivity contribution in [2.24, 2.45) is 0 Å². The first-order valence-corrected chi connectivity index (χ1v) is 9.94. The van der Waals surface area contributed by atoms with Crippen molar-refractivity contribution in [3.05, 3.63) is 66.5 Å². The molecule has 0 saturated carbocycles. The van der Waals surface area contributed by atoms with Gasteiger partial charge in [0.2, 0.25) is 0 Å². The standard InChI is InChI=1S/C22H19F3N6/c23-22(24,25)17-4-2-1-3-16(17)20-28-18-5-6-19(30-13-11-27-12-14-30)29-21(18)31(20)15-7-9-26-10-8-15/h1-10,27H,11-14H2. The predicted octanol–water partition coefficient (Wildman–Crippen LogP) is 3.91. The van der Waals surface area contributed by atoms with Crippen LogP contribution in [0.15, 0.2) is 60.9 Å². The summed E-state index contributed by atoms with van der Waals surface area (Å²) in [4.78, 5) is 15.6. The molecular weight excluding hydrogens is 405 g/mol. The summed E-state index contributed by atoms with van der Waals surface area (Å²) in [5.41, 5.74) is 0.961. The quantitative estimate of drug-likeness (QED) is 0.541. The Morgan fingerprint density at radius 1 is 0.871 bits per heavy atom. The molecule has 1 saturated heterocycles. The number of alkyl halides is 3. The maximum Gasteiger partial charge on any atom is 0.417 e. The minimum Gasteiger partial charge on any atom is -0.354 e. The van der Waals surface area contributed by atoms with E-state index in [0.717, 1.165) is 38.1 Å². The average Bonchev–Trinajstić information content (AvgIpc) is 3.18. The molecule has 0 bridgehead atoms. The van der Waals surface area contributed by atoms with Crippen LogP contribution >= 0.6 is 0 Å². The van der Waals surface area contributed by atoms with Crippen LogP contribution in [0.25, 0.3) is 28.2 Å². The number of imidazole rings is 1. The van der Waals surface area contributed by atoms with E-state index in [1.165, 1.54) is 12.1 Å². The Bertz CT molecular complexity index is 1210. The number of benzene rings is 1. The number of fused-ring (bicyclic) bond motifs is 1. The number of nitrogens with one attached hydrogen (secondary N) is 1. The van der Waals surface area contributed by atoms with Crippen LogP contribution < -0.4 is 10.2 Å². The lowest BCUT2D eigenvalue weighted by Crippen LogP contribution is -2.43. The number of aromatic nitrogens is 4. The molecule has 0 radical (unpaired) electrons. The molecule has 0 spiro atoms. The van der Waals surface area contributed by atoms with E-state index in [4.69, 9.17) is 4.98 Å². The van der Waals surface area contributed by atoms with E-state index in [9.17, 15) is 13.2 Å². The molecule has 9 heteroatoms. The minimum absolute atomic E-state index is 0.00790. The van der Waals surface area contributed by atoms with Crippen molar-refractivity contribution in [1.29, 1.82) is 0 Å². The first-order chi connectivity index (χ1) is 15.0. The van der Waals surface area contributed by atoms with Gasteiger partial charge in [-0.25, -0.2) is 9.97 Å². The second-order valence-electron chi connectivity index (χ2n) is 7.27. The van der Waals surface area contributed by atoms with Crippen molar-refractivity contribution < 1.29 is 13.2 Å². The molecule has 0 aliphatic carbocycles. The van der Waals surface area contributed by atoms with Gasteiger partial charge in [0.05, 0.1) is 11.3 Å². The average molecular weight is 424 g/mol. The smallest absolute Gasteiger partial charge is 0.354 e. The Morgan fingerprint density at radius 3 is 2.35 bits per heavy atom. The van der Waals surface area contributed by atoms with Crippen LogP contribution in [0.3, 0.4) is 0 Å². The summed E-state index contributed by atoms with van der Waals surface area (Å²) >= 11 is 0. The Hall–Kier alpha value is -3.46. The van der Waals surface area contributed by atoms with Gasteiger partial charge in [0, 0.05) is 44.1 Å². The Balaban J connectivity index is 1.76. The number of hydrogen-bond acceptors (Lipinski definition) is 5. The molecule has 0 unspecified atom stereocenters. The molecule has 3 aromatic heterocycles. The van der Waals surface area contributed by atoms with Gasteiger partial charge < -0.3 is 10.2 Å². The van der Waals surface area contributed by atoms with Gasteiger partial charge >= 0.3 is 6.18 Å². The van der Waals surface area contributed by atoms with Crippen molar-refractivity contribution in [3.8, 4) is 17.1 Å². The third kappa shape index (κ3) is 3.61. The first-order valence-electron chi connectivity index (χ1n) is 9.94. The molecule has 6 nitrogen and oxygen atoms in total. The van der Waals surface area contributed by atoms with E-state index in [0.29, 0.717) is 16.9 Å². The highest BCUT2D eigenvalue weighted by atomic mass is 19.4. The second-order valence-corrected chi connectivity index (χ2v) is 7.27. The molecule has 4 aromatic rings.